The van der Waals surface area contributed by atoms with Crippen LogP contribution in [0.5, 0.6) is 5.75 Å². The smallest absolute Gasteiger partial charge is 0.120 e. The van der Waals surface area contributed by atoms with E-state index in [4.69, 9.17) is 0 Å². The average Bonchev–Trinajstić information content (AvgIpc) is 2.47. The third kappa shape index (κ3) is 1.48. The summed E-state index contributed by atoms with van der Waals surface area (Å²) in [5.74, 6) is 0.434. The standard InChI is InChI=1S/C18H14O/c19-17-11-13-6-2-4-8-15(13)18-14-7-3-1-5-12(14)9-10-16(17)18/h1-8,11,19H,9-10H2. The fourth-order valence-corrected chi connectivity index (χ4v) is 3.18. The third-order valence-corrected chi connectivity index (χ3v) is 4.06. The molecule has 0 radical (unpaired) electrons. The normalized spacial score (nSPS) is 13.1. The lowest BCUT2D eigenvalue weighted by atomic mass is 9.82. The molecule has 92 valence electrons. The molecule has 0 unspecified atom stereocenters. The Hall–Kier alpha value is -2.28. The van der Waals surface area contributed by atoms with Crippen molar-refractivity contribution < 1.29 is 5.11 Å². The number of hydrogen-bond acceptors (Lipinski definition) is 1. The van der Waals surface area contributed by atoms with E-state index >= 15 is 0 Å². The number of aryl methyl sites for hydroxylation is 1. The number of fused-ring (bicyclic) bond motifs is 5. The molecule has 0 aromatic heterocycles. The molecule has 0 bridgehead atoms. The maximum atomic E-state index is 10.3. The fraction of sp³-hybridized carbons (Fsp3) is 0.111. The minimum absolute atomic E-state index is 0.434. The first-order chi connectivity index (χ1) is 9.34. The van der Waals surface area contributed by atoms with Crippen LogP contribution < -0.4 is 0 Å². The highest BCUT2D eigenvalue weighted by molar-refractivity contribution is 6.01. The lowest BCUT2D eigenvalue weighted by Crippen LogP contribution is -2.04. The summed E-state index contributed by atoms with van der Waals surface area (Å²) >= 11 is 0. The SMILES string of the molecule is Oc1cc2ccccc2c2c1CCc1ccccc1-2. The van der Waals surface area contributed by atoms with E-state index in [0.29, 0.717) is 5.75 Å². The molecule has 0 saturated carbocycles. The van der Waals surface area contributed by atoms with Crippen molar-refractivity contribution in [2.24, 2.45) is 0 Å². The highest BCUT2D eigenvalue weighted by Gasteiger charge is 2.20. The Morgan fingerprint density at radius 1 is 0.842 bits per heavy atom. The van der Waals surface area contributed by atoms with Crippen LogP contribution >= 0.6 is 0 Å². The van der Waals surface area contributed by atoms with E-state index in [9.17, 15) is 5.11 Å². The molecule has 3 aromatic rings. The Morgan fingerprint density at radius 2 is 1.63 bits per heavy atom. The second-order valence-corrected chi connectivity index (χ2v) is 5.13. The molecule has 0 saturated heterocycles. The van der Waals surface area contributed by atoms with Gasteiger partial charge in [-0.2, -0.15) is 0 Å². The van der Waals surface area contributed by atoms with Crippen LogP contribution in [0.15, 0.2) is 54.6 Å². The Bertz CT molecular complexity index is 787. The third-order valence-electron chi connectivity index (χ3n) is 4.06. The van der Waals surface area contributed by atoms with Gasteiger partial charge in [-0.3, -0.25) is 0 Å². The van der Waals surface area contributed by atoms with Gasteiger partial charge in [0.2, 0.25) is 0 Å². The van der Waals surface area contributed by atoms with Crippen molar-refractivity contribution in [3.05, 3.63) is 65.7 Å². The zero-order valence-electron chi connectivity index (χ0n) is 10.6. The summed E-state index contributed by atoms with van der Waals surface area (Å²) in [6.07, 6.45) is 1.93. The molecule has 0 fully saturated rings. The van der Waals surface area contributed by atoms with Crippen LogP contribution in [0.4, 0.5) is 0 Å². The van der Waals surface area contributed by atoms with Crippen molar-refractivity contribution in [2.45, 2.75) is 12.8 Å². The molecule has 4 rings (SSSR count). The highest BCUT2D eigenvalue weighted by Crippen LogP contribution is 2.42. The maximum absolute atomic E-state index is 10.3. The molecule has 1 aliphatic carbocycles. The zero-order chi connectivity index (χ0) is 12.8. The summed E-state index contributed by atoms with van der Waals surface area (Å²) in [7, 11) is 0. The Labute approximate surface area is 112 Å². The minimum atomic E-state index is 0.434. The molecule has 1 aliphatic rings. The van der Waals surface area contributed by atoms with Crippen molar-refractivity contribution in [1.82, 2.24) is 0 Å². The summed E-state index contributed by atoms with van der Waals surface area (Å²) in [6, 6.07) is 18.7. The molecule has 0 aliphatic heterocycles. The van der Waals surface area contributed by atoms with Crippen LogP contribution in [0.25, 0.3) is 21.9 Å². The van der Waals surface area contributed by atoms with Crippen LogP contribution in [-0.2, 0) is 12.8 Å². The monoisotopic (exact) mass is 246 g/mol. The summed E-state index contributed by atoms with van der Waals surface area (Å²) in [4.78, 5) is 0. The largest absolute Gasteiger partial charge is 0.508 e. The van der Waals surface area contributed by atoms with E-state index in [1.165, 1.54) is 22.1 Å². The van der Waals surface area contributed by atoms with Gasteiger partial charge in [-0.15, -0.1) is 0 Å². The lowest BCUT2D eigenvalue weighted by molar-refractivity contribution is 0.469. The van der Waals surface area contributed by atoms with Crippen molar-refractivity contribution in [3.8, 4) is 16.9 Å². The Kier molecular flexibility index (Phi) is 2.16. The minimum Gasteiger partial charge on any atom is -0.508 e. The van der Waals surface area contributed by atoms with Gasteiger partial charge in [-0.05, 0) is 46.4 Å². The highest BCUT2D eigenvalue weighted by atomic mass is 16.3. The Morgan fingerprint density at radius 3 is 2.58 bits per heavy atom. The Balaban J connectivity index is 2.19. The van der Waals surface area contributed by atoms with E-state index in [-0.39, 0.29) is 0 Å². The lowest BCUT2D eigenvalue weighted by Gasteiger charge is -2.22. The number of hydrogen-bond donors (Lipinski definition) is 1. The molecule has 0 atom stereocenters. The molecule has 0 amide bonds. The number of benzene rings is 3. The summed E-state index contributed by atoms with van der Waals surface area (Å²) < 4.78 is 0. The van der Waals surface area contributed by atoms with Crippen LogP contribution in [0, 0.1) is 0 Å². The van der Waals surface area contributed by atoms with E-state index in [1.807, 2.05) is 12.1 Å². The van der Waals surface area contributed by atoms with Crippen LogP contribution in [-0.4, -0.2) is 5.11 Å². The first-order valence-electron chi connectivity index (χ1n) is 6.66. The summed E-state index contributed by atoms with van der Waals surface area (Å²) in [5, 5.41) is 12.6. The summed E-state index contributed by atoms with van der Waals surface area (Å²) in [5.41, 5.74) is 4.97. The van der Waals surface area contributed by atoms with Crippen LogP contribution in [0.3, 0.4) is 0 Å². The topological polar surface area (TPSA) is 20.2 Å². The molecule has 1 nitrogen and oxygen atoms in total. The first kappa shape index (κ1) is 10.6. The molecule has 0 heterocycles. The van der Waals surface area contributed by atoms with Crippen LogP contribution in [0.2, 0.25) is 0 Å². The number of phenols is 1. The van der Waals surface area contributed by atoms with E-state index < -0.39 is 0 Å². The van der Waals surface area contributed by atoms with Gasteiger partial charge in [0.25, 0.3) is 0 Å². The fourth-order valence-electron chi connectivity index (χ4n) is 3.18. The van der Waals surface area contributed by atoms with Gasteiger partial charge in [0.05, 0.1) is 0 Å². The number of phenolic OH excluding ortho intramolecular Hbond substituents is 1. The van der Waals surface area contributed by atoms with Gasteiger partial charge in [-0.1, -0.05) is 48.5 Å². The van der Waals surface area contributed by atoms with Crippen molar-refractivity contribution in [2.75, 3.05) is 0 Å². The second kappa shape index (κ2) is 3.86. The van der Waals surface area contributed by atoms with Gasteiger partial charge < -0.3 is 5.11 Å². The van der Waals surface area contributed by atoms with E-state index in [1.54, 1.807) is 0 Å². The number of aromatic hydroxyl groups is 1. The molecular formula is C18H14O. The molecule has 0 spiro atoms. The second-order valence-electron chi connectivity index (χ2n) is 5.13. The first-order valence-corrected chi connectivity index (χ1v) is 6.66. The predicted molar refractivity (Wildman–Crippen MR) is 78.5 cm³/mol. The van der Waals surface area contributed by atoms with Gasteiger partial charge in [0, 0.05) is 5.56 Å². The molecule has 3 aromatic carbocycles. The zero-order valence-corrected chi connectivity index (χ0v) is 10.6. The average molecular weight is 246 g/mol. The van der Waals surface area contributed by atoms with E-state index in [0.717, 1.165) is 23.8 Å². The van der Waals surface area contributed by atoms with Crippen molar-refractivity contribution >= 4 is 10.8 Å². The van der Waals surface area contributed by atoms with Gasteiger partial charge in [-0.25, -0.2) is 0 Å². The molecular weight excluding hydrogens is 232 g/mol. The van der Waals surface area contributed by atoms with Gasteiger partial charge in [0.15, 0.2) is 0 Å². The molecule has 19 heavy (non-hydrogen) atoms. The van der Waals surface area contributed by atoms with E-state index in [2.05, 4.69) is 42.5 Å². The number of rotatable bonds is 0. The molecule has 1 heteroatoms. The summed E-state index contributed by atoms with van der Waals surface area (Å²) in [6.45, 7) is 0. The van der Waals surface area contributed by atoms with Crippen molar-refractivity contribution in [3.63, 3.8) is 0 Å². The maximum Gasteiger partial charge on any atom is 0.120 e. The predicted octanol–water partition coefficient (Wildman–Crippen LogP) is 4.31. The quantitative estimate of drug-likeness (QED) is 0.626. The van der Waals surface area contributed by atoms with Crippen LogP contribution in [0.1, 0.15) is 11.1 Å². The van der Waals surface area contributed by atoms with Crippen molar-refractivity contribution in [1.29, 1.82) is 0 Å². The molecule has 1 N–H and O–H groups in total. The van der Waals surface area contributed by atoms with Gasteiger partial charge >= 0.3 is 0 Å². The van der Waals surface area contributed by atoms with Gasteiger partial charge in [0.1, 0.15) is 5.75 Å².